The summed E-state index contributed by atoms with van der Waals surface area (Å²) in [5.74, 6) is 2.85. The molecule has 0 aliphatic carbocycles. The van der Waals surface area contributed by atoms with Crippen molar-refractivity contribution in [2.24, 2.45) is 0 Å². The molecule has 0 bridgehead atoms. The summed E-state index contributed by atoms with van der Waals surface area (Å²) in [6, 6.07) is 67.9. The summed E-state index contributed by atoms with van der Waals surface area (Å²) in [6.07, 6.45) is 0. The van der Waals surface area contributed by atoms with E-state index in [4.69, 9.17) is 9.47 Å². The summed E-state index contributed by atoms with van der Waals surface area (Å²) in [6.45, 7) is 0. The largest absolute Gasteiger partial charge is 0.449 e. The Labute approximate surface area is 302 Å². The molecular weight excluding hydrogens is 637 g/mol. The maximum atomic E-state index is 6.59. The van der Waals surface area contributed by atoms with E-state index in [0.717, 1.165) is 56.1 Å². The molecule has 8 aromatic carbocycles. The van der Waals surface area contributed by atoms with Crippen LogP contribution >= 0.6 is 0 Å². The van der Waals surface area contributed by atoms with Gasteiger partial charge < -0.3 is 18.9 Å². The topological polar surface area (TPSA) is 26.6 Å². The zero-order valence-electron chi connectivity index (χ0n) is 28.2. The number of anilines is 3. The van der Waals surface area contributed by atoms with Crippen LogP contribution in [0.5, 0.6) is 23.0 Å². The predicted octanol–water partition coefficient (Wildman–Crippen LogP) is 13.5. The summed E-state index contributed by atoms with van der Waals surface area (Å²) >= 11 is 0. The lowest BCUT2D eigenvalue weighted by Crippen LogP contribution is -2.10. The van der Waals surface area contributed by atoms with Gasteiger partial charge in [-0.1, -0.05) is 115 Å². The highest BCUT2D eigenvalue weighted by Crippen LogP contribution is 2.51. The summed E-state index contributed by atoms with van der Waals surface area (Å²) in [7, 11) is 0. The lowest BCUT2D eigenvalue weighted by molar-refractivity contribution is 0.362. The van der Waals surface area contributed by atoms with Gasteiger partial charge >= 0.3 is 0 Å². The Morgan fingerprint density at radius 2 is 0.827 bits per heavy atom. The first-order chi connectivity index (χ1) is 25.8. The Hall–Kier alpha value is -7.04. The molecule has 0 unspecified atom stereocenters. The van der Waals surface area contributed by atoms with E-state index in [2.05, 4.69) is 173 Å². The van der Waals surface area contributed by atoms with Crippen molar-refractivity contribution in [3.8, 4) is 50.9 Å². The highest BCUT2D eigenvalue weighted by molar-refractivity contribution is 6.12. The van der Waals surface area contributed by atoms with Crippen LogP contribution in [-0.2, 0) is 0 Å². The van der Waals surface area contributed by atoms with Crippen molar-refractivity contribution in [3.63, 3.8) is 0 Å². The summed E-state index contributed by atoms with van der Waals surface area (Å²) in [4.78, 5) is 2.31. The van der Waals surface area contributed by atoms with Crippen molar-refractivity contribution in [2.75, 3.05) is 4.90 Å². The van der Waals surface area contributed by atoms with Crippen LogP contribution < -0.4 is 14.4 Å². The standard InChI is InChI=1S/C48H32N2O2/c1-3-11-33(12-4-1)35-19-23-37(24-20-35)49(38-25-21-36(22-26-38)34-13-5-2-6-14-34)39-27-29-40(30-28-39)50-43-16-8-7-15-41(43)42-31-32-46-48(47(42)50)52-45-18-10-9-17-44(45)51-46/h1-32H. The number of hydrogen-bond donors (Lipinski definition) is 0. The minimum absolute atomic E-state index is 0.705. The van der Waals surface area contributed by atoms with Crippen molar-refractivity contribution in [1.29, 1.82) is 0 Å². The summed E-state index contributed by atoms with van der Waals surface area (Å²) in [5, 5.41) is 2.27. The van der Waals surface area contributed by atoms with Gasteiger partial charge in [0.1, 0.15) is 5.52 Å². The molecule has 1 aromatic heterocycles. The second-order valence-electron chi connectivity index (χ2n) is 13.0. The van der Waals surface area contributed by atoms with Crippen molar-refractivity contribution in [3.05, 3.63) is 194 Å². The smallest absolute Gasteiger partial charge is 0.194 e. The van der Waals surface area contributed by atoms with Gasteiger partial charge in [-0.2, -0.15) is 0 Å². The SMILES string of the molecule is c1ccc(-c2ccc(N(c3ccc(-c4ccccc4)cc3)c3ccc(-n4c5ccccc5c5ccc6c(c54)Oc4ccccc4O6)cc3)cc2)cc1. The molecule has 0 radical (unpaired) electrons. The van der Waals surface area contributed by atoms with Crippen LogP contribution in [0.1, 0.15) is 0 Å². The molecule has 9 aromatic rings. The van der Waals surface area contributed by atoms with Gasteiger partial charge in [-0.15, -0.1) is 0 Å². The minimum atomic E-state index is 0.705. The molecule has 0 saturated heterocycles. The van der Waals surface area contributed by atoms with Gasteiger partial charge in [-0.3, -0.25) is 0 Å². The number of benzene rings is 8. The normalized spacial score (nSPS) is 11.8. The Kier molecular flexibility index (Phi) is 7.10. The molecular formula is C48H32N2O2. The number of ether oxygens (including phenoxy) is 2. The molecule has 0 spiro atoms. The van der Waals surface area contributed by atoms with Crippen molar-refractivity contribution in [1.82, 2.24) is 4.57 Å². The maximum absolute atomic E-state index is 6.59. The highest BCUT2D eigenvalue weighted by Gasteiger charge is 2.25. The second kappa shape index (κ2) is 12.4. The van der Waals surface area contributed by atoms with E-state index >= 15 is 0 Å². The number of nitrogens with zero attached hydrogens (tertiary/aromatic N) is 2. The van der Waals surface area contributed by atoms with E-state index in [1.807, 2.05) is 30.3 Å². The number of para-hydroxylation sites is 3. The van der Waals surface area contributed by atoms with Crippen LogP contribution in [0.25, 0.3) is 49.7 Å². The number of fused-ring (bicyclic) bond motifs is 6. The quantitative estimate of drug-likeness (QED) is 0.176. The lowest BCUT2D eigenvalue weighted by Gasteiger charge is -2.26. The first-order valence-electron chi connectivity index (χ1n) is 17.5. The minimum Gasteiger partial charge on any atom is -0.449 e. The molecule has 0 N–H and O–H groups in total. The van der Waals surface area contributed by atoms with Gasteiger partial charge in [0.15, 0.2) is 23.0 Å². The fourth-order valence-electron chi connectivity index (χ4n) is 7.37. The van der Waals surface area contributed by atoms with E-state index in [-0.39, 0.29) is 0 Å². The Bertz CT molecular complexity index is 2620. The van der Waals surface area contributed by atoms with Crippen LogP contribution in [0.2, 0.25) is 0 Å². The van der Waals surface area contributed by atoms with E-state index in [1.165, 1.54) is 22.3 Å². The zero-order valence-corrected chi connectivity index (χ0v) is 28.2. The maximum Gasteiger partial charge on any atom is 0.194 e. The molecule has 1 aliphatic rings. The molecule has 0 atom stereocenters. The van der Waals surface area contributed by atoms with Gasteiger partial charge in [0.2, 0.25) is 0 Å². The van der Waals surface area contributed by atoms with E-state index in [1.54, 1.807) is 0 Å². The summed E-state index contributed by atoms with van der Waals surface area (Å²) in [5.41, 5.74) is 11.1. The van der Waals surface area contributed by atoms with E-state index in [9.17, 15) is 0 Å². The second-order valence-corrected chi connectivity index (χ2v) is 13.0. The van der Waals surface area contributed by atoms with Gasteiger partial charge in [-0.05, 0) is 101 Å². The van der Waals surface area contributed by atoms with Gasteiger partial charge in [0.05, 0.1) is 5.52 Å². The number of aromatic nitrogens is 1. The van der Waals surface area contributed by atoms with E-state index < -0.39 is 0 Å². The molecule has 1 aliphatic heterocycles. The van der Waals surface area contributed by atoms with Crippen LogP contribution in [0.3, 0.4) is 0 Å². The monoisotopic (exact) mass is 668 g/mol. The molecule has 52 heavy (non-hydrogen) atoms. The third kappa shape index (κ3) is 5.09. The molecule has 0 saturated carbocycles. The molecule has 4 nitrogen and oxygen atoms in total. The van der Waals surface area contributed by atoms with Crippen molar-refractivity contribution in [2.45, 2.75) is 0 Å². The van der Waals surface area contributed by atoms with Gasteiger partial charge in [0.25, 0.3) is 0 Å². The number of hydrogen-bond acceptors (Lipinski definition) is 3. The summed E-state index contributed by atoms with van der Waals surface area (Å²) < 4.78 is 15.2. The third-order valence-electron chi connectivity index (χ3n) is 9.87. The molecule has 4 heteroatoms. The van der Waals surface area contributed by atoms with Crippen LogP contribution in [-0.4, -0.2) is 4.57 Å². The molecule has 0 fully saturated rings. The van der Waals surface area contributed by atoms with Gasteiger partial charge in [0, 0.05) is 33.5 Å². The van der Waals surface area contributed by atoms with Crippen molar-refractivity contribution < 1.29 is 9.47 Å². The molecule has 0 amide bonds. The average Bonchev–Trinajstić information content (AvgIpc) is 3.56. The fraction of sp³-hybridized carbons (Fsp3) is 0. The third-order valence-corrected chi connectivity index (χ3v) is 9.87. The first-order valence-corrected chi connectivity index (χ1v) is 17.5. The van der Waals surface area contributed by atoms with E-state index in [0.29, 0.717) is 11.5 Å². The zero-order chi connectivity index (χ0) is 34.4. The van der Waals surface area contributed by atoms with Crippen LogP contribution in [0, 0.1) is 0 Å². The lowest BCUT2D eigenvalue weighted by atomic mass is 10.0. The van der Waals surface area contributed by atoms with Crippen molar-refractivity contribution >= 4 is 38.9 Å². The highest BCUT2D eigenvalue weighted by atomic mass is 16.6. The Morgan fingerprint density at radius 1 is 0.346 bits per heavy atom. The Morgan fingerprint density at radius 3 is 1.42 bits per heavy atom. The van der Waals surface area contributed by atoms with Crippen LogP contribution in [0.4, 0.5) is 17.1 Å². The molecule has 2 heterocycles. The fourth-order valence-corrected chi connectivity index (χ4v) is 7.37. The van der Waals surface area contributed by atoms with Gasteiger partial charge in [-0.25, -0.2) is 0 Å². The molecule has 246 valence electrons. The average molecular weight is 669 g/mol. The molecule has 10 rings (SSSR count). The predicted molar refractivity (Wildman–Crippen MR) is 213 cm³/mol. The Balaban J connectivity index is 1.09. The number of rotatable bonds is 6. The van der Waals surface area contributed by atoms with Crippen LogP contribution in [0.15, 0.2) is 194 Å². The first kappa shape index (κ1) is 29.8.